The average molecular weight is 233 g/mol. The standard InChI is InChI=1S/C13H16FN3/c14-11-4-9(7-15)5-12(6-11)17-13-3-1-2-10(13)8-16/h4-6,10,13,17H,1-3,8,16H2. The van der Waals surface area contributed by atoms with Crippen molar-refractivity contribution in [3.05, 3.63) is 29.6 Å². The van der Waals surface area contributed by atoms with Crippen molar-refractivity contribution in [1.82, 2.24) is 0 Å². The minimum Gasteiger partial charge on any atom is -0.382 e. The third kappa shape index (κ3) is 2.75. The predicted octanol–water partition coefficient (Wildman–Crippen LogP) is 2.24. The SMILES string of the molecule is N#Cc1cc(F)cc(NC2CCCC2CN)c1. The number of anilines is 1. The number of hydrogen-bond acceptors (Lipinski definition) is 3. The van der Waals surface area contributed by atoms with Crippen LogP contribution >= 0.6 is 0 Å². The third-order valence-corrected chi connectivity index (χ3v) is 3.34. The number of nitrogens with one attached hydrogen (secondary N) is 1. The van der Waals surface area contributed by atoms with E-state index in [1.165, 1.54) is 12.1 Å². The Morgan fingerprint density at radius 3 is 2.94 bits per heavy atom. The zero-order valence-corrected chi connectivity index (χ0v) is 9.62. The van der Waals surface area contributed by atoms with Crippen LogP contribution in [0.5, 0.6) is 0 Å². The average Bonchev–Trinajstić information content (AvgIpc) is 2.75. The van der Waals surface area contributed by atoms with Gasteiger partial charge in [0.05, 0.1) is 11.6 Å². The Morgan fingerprint density at radius 1 is 1.41 bits per heavy atom. The Kier molecular flexibility index (Phi) is 3.60. The Hall–Kier alpha value is -1.60. The highest BCUT2D eigenvalue weighted by atomic mass is 19.1. The molecule has 0 saturated heterocycles. The smallest absolute Gasteiger partial charge is 0.126 e. The summed E-state index contributed by atoms with van der Waals surface area (Å²) in [5, 5.41) is 12.1. The van der Waals surface area contributed by atoms with E-state index in [4.69, 9.17) is 11.0 Å². The molecule has 0 bridgehead atoms. The monoisotopic (exact) mass is 233 g/mol. The molecule has 1 aromatic carbocycles. The van der Waals surface area contributed by atoms with Crippen LogP contribution in [-0.4, -0.2) is 12.6 Å². The summed E-state index contributed by atoms with van der Waals surface area (Å²) < 4.78 is 13.3. The number of nitrogens with zero attached hydrogens (tertiary/aromatic N) is 1. The molecule has 3 nitrogen and oxygen atoms in total. The maximum atomic E-state index is 13.3. The van der Waals surface area contributed by atoms with Gasteiger partial charge in [-0.2, -0.15) is 5.26 Å². The van der Waals surface area contributed by atoms with Crippen molar-refractivity contribution >= 4 is 5.69 Å². The number of nitriles is 1. The van der Waals surface area contributed by atoms with Crippen molar-refractivity contribution in [2.24, 2.45) is 11.7 Å². The number of rotatable bonds is 3. The van der Waals surface area contributed by atoms with E-state index in [1.807, 2.05) is 6.07 Å². The van der Waals surface area contributed by atoms with E-state index in [2.05, 4.69) is 5.32 Å². The van der Waals surface area contributed by atoms with E-state index in [9.17, 15) is 4.39 Å². The van der Waals surface area contributed by atoms with Crippen LogP contribution in [0.4, 0.5) is 10.1 Å². The van der Waals surface area contributed by atoms with Gasteiger partial charge in [0.15, 0.2) is 0 Å². The molecule has 2 unspecified atom stereocenters. The first kappa shape index (κ1) is 11.9. The zero-order chi connectivity index (χ0) is 12.3. The number of halogens is 1. The lowest BCUT2D eigenvalue weighted by atomic mass is 10.0. The van der Waals surface area contributed by atoms with E-state index in [0.29, 0.717) is 29.8 Å². The summed E-state index contributed by atoms with van der Waals surface area (Å²) >= 11 is 0. The molecule has 0 radical (unpaired) electrons. The van der Waals surface area contributed by atoms with Gasteiger partial charge < -0.3 is 11.1 Å². The van der Waals surface area contributed by atoms with Gasteiger partial charge in [0.2, 0.25) is 0 Å². The van der Waals surface area contributed by atoms with E-state index < -0.39 is 0 Å². The highest BCUT2D eigenvalue weighted by Gasteiger charge is 2.25. The van der Waals surface area contributed by atoms with Gasteiger partial charge in [0.1, 0.15) is 5.82 Å². The van der Waals surface area contributed by atoms with Crippen LogP contribution in [-0.2, 0) is 0 Å². The van der Waals surface area contributed by atoms with Gasteiger partial charge in [-0.15, -0.1) is 0 Å². The highest BCUT2D eigenvalue weighted by molar-refractivity contribution is 5.50. The second-order valence-electron chi connectivity index (χ2n) is 4.52. The van der Waals surface area contributed by atoms with Crippen LogP contribution in [0.3, 0.4) is 0 Å². The van der Waals surface area contributed by atoms with E-state index in [0.717, 1.165) is 19.3 Å². The number of hydrogen-bond donors (Lipinski definition) is 2. The van der Waals surface area contributed by atoms with Crippen molar-refractivity contribution in [2.45, 2.75) is 25.3 Å². The van der Waals surface area contributed by atoms with Crippen molar-refractivity contribution in [2.75, 3.05) is 11.9 Å². The van der Waals surface area contributed by atoms with Crippen molar-refractivity contribution in [1.29, 1.82) is 5.26 Å². The lowest BCUT2D eigenvalue weighted by Gasteiger charge is -2.20. The molecular weight excluding hydrogens is 217 g/mol. The fraction of sp³-hybridized carbons (Fsp3) is 0.462. The van der Waals surface area contributed by atoms with E-state index in [1.54, 1.807) is 6.07 Å². The lowest BCUT2D eigenvalue weighted by Crippen LogP contribution is -2.29. The van der Waals surface area contributed by atoms with Crippen LogP contribution in [0, 0.1) is 23.1 Å². The molecule has 90 valence electrons. The molecular formula is C13H16FN3. The number of nitrogens with two attached hydrogens (primary N) is 1. The molecule has 0 spiro atoms. The summed E-state index contributed by atoms with van der Waals surface area (Å²) in [6, 6.07) is 6.59. The minimum atomic E-state index is -0.381. The molecule has 0 heterocycles. The van der Waals surface area contributed by atoms with Gasteiger partial charge in [-0.1, -0.05) is 6.42 Å². The van der Waals surface area contributed by atoms with Crippen LogP contribution in [0.25, 0.3) is 0 Å². The molecule has 2 atom stereocenters. The maximum absolute atomic E-state index is 13.3. The quantitative estimate of drug-likeness (QED) is 0.841. The Bertz CT molecular complexity index is 439. The van der Waals surface area contributed by atoms with Gasteiger partial charge in [-0.25, -0.2) is 4.39 Å². The first-order valence-corrected chi connectivity index (χ1v) is 5.90. The summed E-state index contributed by atoms with van der Waals surface area (Å²) in [6.07, 6.45) is 3.33. The topological polar surface area (TPSA) is 61.8 Å². The Morgan fingerprint density at radius 2 is 2.24 bits per heavy atom. The molecule has 1 aliphatic carbocycles. The van der Waals surface area contributed by atoms with Crippen molar-refractivity contribution in [3.8, 4) is 6.07 Å². The molecule has 1 fully saturated rings. The second kappa shape index (κ2) is 5.15. The molecule has 1 aromatic rings. The molecule has 4 heteroatoms. The number of benzene rings is 1. The normalized spacial score (nSPS) is 23.4. The van der Waals surface area contributed by atoms with Gasteiger partial charge in [0, 0.05) is 11.7 Å². The summed E-state index contributed by atoms with van der Waals surface area (Å²) in [5.74, 6) is 0.0673. The summed E-state index contributed by atoms with van der Waals surface area (Å²) in [7, 11) is 0. The second-order valence-corrected chi connectivity index (χ2v) is 4.52. The first-order chi connectivity index (χ1) is 8.22. The van der Waals surface area contributed by atoms with E-state index in [-0.39, 0.29) is 5.82 Å². The summed E-state index contributed by atoms with van der Waals surface area (Å²) in [6.45, 7) is 0.651. The van der Waals surface area contributed by atoms with Crippen LogP contribution < -0.4 is 11.1 Å². The fourth-order valence-electron chi connectivity index (χ4n) is 2.46. The van der Waals surface area contributed by atoms with Crippen LogP contribution in [0.2, 0.25) is 0 Å². The van der Waals surface area contributed by atoms with E-state index >= 15 is 0 Å². The van der Waals surface area contributed by atoms with Crippen LogP contribution in [0.15, 0.2) is 18.2 Å². The first-order valence-electron chi connectivity index (χ1n) is 5.90. The maximum Gasteiger partial charge on any atom is 0.126 e. The molecule has 0 amide bonds. The largest absolute Gasteiger partial charge is 0.382 e. The van der Waals surface area contributed by atoms with Gasteiger partial charge in [-0.05, 0) is 43.5 Å². The highest BCUT2D eigenvalue weighted by Crippen LogP contribution is 2.28. The van der Waals surface area contributed by atoms with Crippen molar-refractivity contribution < 1.29 is 4.39 Å². The summed E-state index contributed by atoms with van der Waals surface area (Å²) in [5.41, 5.74) is 6.71. The van der Waals surface area contributed by atoms with Crippen LogP contribution in [0.1, 0.15) is 24.8 Å². The molecule has 0 aromatic heterocycles. The molecule has 0 aliphatic heterocycles. The molecule has 2 rings (SSSR count). The van der Waals surface area contributed by atoms with Gasteiger partial charge in [-0.3, -0.25) is 0 Å². The summed E-state index contributed by atoms with van der Waals surface area (Å²) in [4.78, 5) is 0. The Balaban J connectivity index is 2.13. The zero-order valence-electron chi connectivity index (χ0n) is 9.62. The molecule has 1 aliphatic rings. The predicted molar refractivity (Wildman–Crippen MR) is 64.9 cm³/mol. The third-order valence-electron chi connectivity index (χ3n) is 3.34. The molecule has 3 N–H and O–H groups in total. The fourth-order valence-corrected chi connectivity index (χ4v) is 2.46. The molecule has 1 saturated carbocycles. The van der Waals surface area contributed by atoms with Gasteiger partial charge in [0.25, 0.3) is 0 Å². The van der Waals surface area contributed by atoms with Gasteiger partial charge >= 0.3 is 0 Å². The molecule has 17 heavy (non-hydrogen) atoms. The minimum absolute atomic E-state index is 0.299. The van der Waals surface area contributed by atoms with Crippen molar-refractivity contribution in [3.63, 3.8) is 0 Å². The Labute approximate surface area is 100 Å². The lowest BCUT2D eigenvalue weighted by molar-refractivity contribution is 0.516.